The molecule has 2 rings (SSSR count). The molecule has 3 nitrogen and oxygen atoms in total. The average Bonchev–Trinajstić information content (AvgIpc) is 2.72. The zero-order valence-electron chi connectivity index (χ0n) is 13.8. The van der Waals surface area contributed by atoms with Gasteiger partial charge >= 0.3 is 0 Å². The van der Waals surface area contributed by atoms with Crippen LogP contribution in [0.2, 0.25) is 0 Å². The highest BCUT2D eigenvalue weighted by molar-refractivity contribution is 5.44. The molecule has 1 heterocycles. The number of hydrogen-bond acceptors (Lipinski definition) is 3. The maximum absolute atomic E-state index is 5.83. The van der Waals surface area contributed by atoms with Crippen molar-refractivity contribution in [3.05, 3.63) is 23.8 Å². The third-order valence-corrected chi connectivity index (χ3v) is 4.32. The normalized spacial score (nSPS) is 17.4. The van der Waals surface area contributed by atoms with Crippen molar-refractivity contribution in [2.24, 2.45) is 11.8 Å². The van der Waals surface area contributed by atoms with E-state index >= 15 is 0 Å². The molecule has 0 saturated carbocycles. The van der Waals surface area contributed by atoms with Gasteiger partial charge in [-0.2, -0.15) is 0 Å². The quantitative estimate of drug-likeness (QED) is 0.853. The van der Waals surface area contributed by atoms with Crippen LogP contribution >= 0.6 is 0 Å². The van der Waals surface area contributed by atoms with Gasteiger partial charge in [0.15, 0.2) is 11.5 Å². The molecule has 1 aliphatic heterocycles. The second kappa shape index (κ2) is 7.69. The summed E-state index contributed by atoms with van der Waals surface area (Å²) < 4.78 is 11.6. The van der Waals surface area contributed by atoms with Crippen molar-refractivity contribution in [2.45, 2.75) is 46.6 Å². The van der Waals surface area contributed by atoms with Crippen LogP contribution in [-0.4, -0.2) is 19.8 Å². The fourth-order valence-electron chi connectivity index (χ4n) is 2.67. The molecule has 21 heavy (non-hydrogen) atoms. The summed E-state index contributed by atoms with van der Waals surface area (Å²) in [6, 6.07) is 6.76. The largest absolute Gasteiger partial charge is 0.490 e. The van der Waals surface area contributed by atoms with Gasteiger partial charge in [-0.25, -0.2) is 0 Å². The molecule has 2 atom stereocenters. The second-order valence-corrected chi connectivity index (χ2v) is 6.29. The van der Waals surface area contributed by atoms with Gasteiger partial charge in [-0.15, -0.1) is 0 Å². The van der Waals surface area contributed by atoms with Crippen molar-refractivity contribution in [2.75, 3.05) is 19.8 Å². The average molecular weight is 291 g/mol. The topological polar surface area (TPSA) is 30.5 Å². The lowest BCUT2D eigenvalue weighted by Gasteiger charge is -2.29. The molecule has 0 bridgehead atoms. The van der Waals surface area contributed by atoms with Crippen LogP contribution in [0.4, 0.5) is 0 Å². The summed E-state index contributed by atoms with van der Waals surface area (Å²) in [4.78, 5) is 0. The van der Waals surface area contributed by atoms with E-state index in [1.54, 1.807) is 0 Å². The molecule has 1 aliphatic rings. The summed E-state index contributed by atoms with van der Waals surface area (Å²) >= 11 is 0. The molecule has 0 aromatic heterocycles. The maximum Gasteiger partial charge on any atom is 0.161 e. The maximum atomic E-state index is 5.83. The lowest BCUT2D eigenvalue weighted by atomic mass is 9.86. The predicted octanol–water partition coefficient (Wildman–Crippen LogP) is 4.18. The van der Waals surface area contributed by atoms with Crippen LogP contribution in [0.1, 0.15) is 52.1 Å². The number of rotatable bonds is 6. The van der Waals surface area contributed by atoms with Gasteiger partial charge in [0.05, 0.1) is 13.2 Å². The first-order chi connectivity index (χ1) is 10.1. The van der Waals surface area contributed by atoms with Crippen LogP contribution in [-0.2, 0) is 0 Å². The number of nitrogens with one attached hydrogen (secondary N) is 1. The van der Waals surface area contributed by atoms with E-state index in [4.69, 9.17) is 9.47 Å². The van der Waals surface area contributed by atoms with Gasteiger partial charge in [-0.3, -0.25) is 0 Å². The van der Waals surface area contributed by atoms with Crippen molar-refractivity contribution in [3.8, 4) is 11.5 Å². The van der Waals surface area contributed by atoms with Gasteiger partial charge < -0.3 is 14.8 Å². The minimum Gasteiger partial charge on any atom is -0.490 e. The van der Waals surface area contributed by atoms with Gasteiger partial charge in [0.1, 0.15) is 0 Å². The van der Waals surface area contributed by atoms with Crippen molar-refractivity contribution < 1.29 is 9.47 Å². The molecule has 1 N–H and O–H groups in total. The molecular formula is C18H29NO2. The van der Waals surface area contributed by atoms with E-state index in [2.05, 4.69) is 51.2 Å². The third-order valence-electron chi connectivity index (χ3n) is 4.32. The highest BCUT2D eigenvalue weighted by Gasteiger charge is 2.23. The Morgan fingerprint density at radius 1 is 1.10 bits per heavy atom. The molecule has 1 aromatic carbocycles. The Morgan fingerprint density at radius 3 is 2.48 bits per heavy atom. The number of fused-ring (bicyclic) bond motifs is 1. The van der Waals surface area contributed by atoms with Crippen LogP contribution in [0.15, 0.2) is 18.2 Å². The molecule has 118 valence electrons. The zero-order valence-corrected chi connectivity index (χ0v) is 13.8. The molecule has 3 heteroatoms. The molecule has 1 aromatic rings. The molecule has 2 unspecified atom stereocenters. The van der Waals surface area contributed by atoms with Crippen molar-refractivity contribution in [1.82, 2.24) is 5.32 Å². The first kappa shape index (κ1) is 16.2. The molecule has 0 aliphatic carbocycles. The summed E-state index contributed by atoms with van der Waals surface area (Å²) in [6.45, 7) is 11.6. The summed E-state index contributed by atoms with van der Waals surface area (Å²) in [5.74, 6) is 2.98. The van der Waals surface area contributed by atoms with Crippen LogP contribution in [0.25, 0.3) is 0 Å². The molecular weight excluding hydrogens is 262 g/mol. The van der Waals surface area contributed by atoms with Crippen molar-refractivity contribution >= 4 is 0 Å². The monoisotopic (exact) mass is 291 g/mol. The van der Waals surface area contributed by atoms with E-state index in [1.165, 1.54) is 5.56 Å². The molecule has 0 amide bonds. The van der Waals surface area contributed by atoms with Crippen molar-refractivity contribution in [3.63, 3.8) is 0 Å². The van der Waals surface area contributed by atoms with E-state index in [1.807, 2.05) is 0 Å². The Kier molecular flexibility index (Phi) is 5.92. The summed E-state index contributed by atoms with van der Waals surface area (Å²) in [6.07, 6.45) is 2.09. The lowest BCUT2D eigenvalue weighted by molar-refractivity contribution is 0.295. The Morgan fingerprint density at radius 2 is 1.81 bits per heavy atom. The fraction of sp³-hybridized carbons (Fsp3) is 0.667. The SMILES string of the molecule is CCCNC(c1ccc2c(c1)OCCCO2)C(C)C(C)C. The third kappa shape index (κ3) is 4.13. The molecule has 0 spiro atoms. The molecule has 0 saturated heterocycles. The molecule has 0 radical (unpaired) electrons. The van der Waals surface area contributed by atoms with Crippen LogP contribution in [0.5, 0.6) is 11.5 Å². The zero-order chi connectivity index (χ0) is 15.2. The van der Waals surface area contributed by atoms with Gasteiger partial charge in [-0.05, 0) is 42.5 Å². The Bertz CT molecular complexity index is 445. The van der Waals surface area contributed by atoms with Crippen LogP contribution in [0, 0.1) is 11.8 Å². The van der Waals surface area contributed by atoms with E-state index in [9.17, 15) is 0 Å². The van der Waals surface area contributed by atoms with Crippen molar-refractivity contribution in [1.29, 1.82) is 0 Å². The van der Waals surface area contributed by atoms with E-state index < -0.39 is 0 Å². The molecule has 0 fully saturated rings. The first-order valence-electron chi connectivity index (χ1n) is 8.26. The van der Waals surface area contributed by atoms with E-state index in [0.717, 1.165) is 44.1 Å². The van der Waals surface area contributed by atoms with Gasteiger partial charge in [0.2, 0.25) is 0 Å². The number of hydrogen-bond donors (Lipinski definition) is 1. The van der Waals surface area contributed by atoms with Gasteiger partial charge in [-0.1, -0.05) is 33.8 Å². The summed E-state index contributed by atoms with van der Waals surface area (Å²) in [5.41, 5.74) is 1.30. The van der Waals surface area contributed by atoms with E-state index in [-0.39, 0.29) is 0 Å². The Labute approximate surface area is 129 Å². The summed E-state index contributed by atoms with van der Waals surface area (Å²) in [5, 5.41) is 3.69. The highest BCUT2D eigenvalue weighted by Crippen LogP contribution is 2.35. The number of benzene rings is 1. The lowest BCUT2D eigenvalue weighted by Crippen LogP contribution is -2.30. The minimum absolute atomic E-state index is 0.363. The summed E-state index contributed by atoms with van der Waals surface area (Å²) in [7, 11) is 0. The number of ether oxygens (including phenoxy) is 2. The first-order valence-corrected chi connectivity index (χ1v) is 8.26. The fourth-order valence-corrected chi connectivity index (χ4v) is 2.67. The van der Waals surface area contributed by atoms with Crippen LogP contribution < -0.4 is 14.8 Å². The smallest absolute Gasteiger partial charge is 0.161 e. The van der Waals surface area contributed by atoms with Crippen LogP contribution in [0.3, 0.4) is 0 Å². The minimum atomic E-state index is 0.363. The standard InChI is InChI=1S/C18H29NO2/c1-5-9-19-18(14(4)13(2)3)15-7-8-16-17(12-15)21-11-6-10-20-16/h7-8,12-14,18-19H,5-6,9-11H2,1-4H3. The van der Waals surface area contributed by atoms with E-state index in [0.29, 0.717) is 17.9 Å². The highest BCUT2D eigenvalue weighted by atomic mass is 16.5. The van der Waals surface area contributed by atoms with Gasteiger partial charge in [0, 0.05) is 12.5 Å². The Hall–Kier alpha value is -1.22. The van der Waals surface area contributed by atoms with Gasteiger partial charge in [0.25, 0.3) is 0 Å². The second-order valence-electron chi connectivity index (χ2n) is 6.29. The predicted molar refractivity (Wildman–Crippen MR) is 87.1 cm³/mol. The Balaban J connectivity index is 2.24.